The van der Waals surface area contributed by atoms with Crippen molar-refractivity contribution in [2.45, 2.75) is 17.5 Å². The van der Waals surface area contributed by atoms with E-state index in [-0.39, 0.29) is 23.2 Å². The number of amides is 1. The number of nitrogens with one attached hydrogen (secondary N) is 1. The predicted octanol–water partition coefficient (Wildman–Crippen LogP) is 5.32. The highest BCUT2D eigenvalue weighted by atomic mass is 32.1. The van der Waals surface area contributed by atoms with Crippen molar-refractivity contribution in [1.29, 1.82) is 0 Å². The van der Waals surface area contributed by atoms with Gasteiger partial charge in [0.1, 0.15) is 11.5 Å². The second-order valence-corrected chi connectivity index (χ2v) is 10.2. The van der Waals surface area contributed by atoms with Crippen LogP contribution in [0.1, 0.15) is 43.0 Å². The minimum atomic E-state index is -1.33. The fraction of sp³-hybridized carbons (Fsp3) is 0.138. The summed E-state index contributed by atoms with van der Waals surface area (Å²) in [6.45, 7) is 0. The van der Waals surface area contributed by atoms with E-state index < -0.39 is 23.4 Å². The first kappa shape index (κ1) is 21.1. The number of ketones is 2. The Kier molecular flexibility index (Phi) is 4.47. The van der Waals surface area contributed by atoms with Crippen LogP contribution in [0.25, 0.3) is 6.08 Å². The molecule has 3 aliphatic rings. The van der Waals surface area contributed by atoms with Gasteiger partial charge in [0.05, 0.1) is 23.1 Å². The number of carbonyl (C=O) groups excluding carboxylic acids is 3. The Morgan fingerprint density at radius 1 is 0.944 bits per heavy atom. The summed E-state index contributed by atoms with van der Waals surface area (Å²) >= 11 is 1.34. The van der Waals surface area contributed by atoms with E-state index in [2.05, 4.69) is 5.32 Å². The van der Waals surface area contributed by atoms with Crippen molar-refractivity contribution in [3.05, 3.63) is 118 Å². The third kappa shape index (κ3) is 2.63. The second-order valence-electron chi connectivity index (χ2n) is 9.27. The number of rotatable bonds is 4. The molecule has 36 heavy (non-hydrogen) atoms. The van der Waals surface area contributed by atoms with Gasteiger partial charge in [0.25, 0.3) is 0 Å². The minimum Gasteiger partial charge on any atom is -0.461 e. The van der Waals surface area contributed by atoms with Gasteiger partial charge in [-0.15, -0.1) is 11.3 Å². The number of hydrogen-bond donors (Lipinski definition) is 1. The SMILES string of the molecule is O=C(c1cccs1)[C@@H]1[C@H](C(=O)c2ccco2)[C@@]2(C(=O)Nc3ccccc32)[C@@H]2c3ccccc3C=CN12. The highest BCUT2D eigenvalue weighted by Gasteiger charge is 2.71. The molecule has 6 nitrogen and oxygen atoms in total. The average Bonchev–Trinajstić information content (AvgIpc) is 3.70. The molecular weight excluding hydrogens is 472 g/mol. The molecule has 1 N–H and O–H groups in total. The van der Waals surface area contributed by atoms with E-state index in [9.17, 15) is 14.4 Å². The molecule has 7 rings (SSSR count). The molecule has 7 heteroatoms. The number of benzene rings is 2. The van der Waals surface area contributed by atoms with Gasteiger partial charge in [0, 0.05) is 11.9 Å². The summed E-state index contributed by atoms with van der Waals surface area (Å²) in [5.41, 5.74) is 1.92. The van der Waals surface area contributed by atoms with Crippen LogP contribution in [0.5, 0.6) is 0 Å². The van der Waals surface area contributed by atoms with Crippen LogP contribution in [0.15, 0.2) is 95.1 Å². The normalized spacial score (nSPS) is 25.4. The van der Waals surface area contributed by atoms with E-state index in [0.717, 1.165) is 16.7 Å². The van der Waals surface area contributed by atoms with E-state index in [1.54, 1.807) is 18.2 Å². The number of anilines is 1. The molecule has 1 spiro atoms. The van der Waals surface area contributed by atoms with Crippen molar-refractivity contribution in [2.75, 3.05) is 5.32 Å². The molecule has 0 saturated carbocycles. The Bertz CT molecular complexity index is 1560. The monoisotopic (exact) mass is 492 g/mol. The smallest absolute Gasteiger partial charge is 0.238 e. The Labute approximate surface area is 210 Å². The maximum Gasteiger partial charge on any atom is 0.238 e. The quantitative estimate of drug-likeness (QED) is 0.390. The lowest BCUT2D eigenvalue weighted by Gasteiger charge is -2.38. The molecule has 0 bridgehead atoms. The molecule has 5 heterocycles. The first-order chi connectivity index (χ1) is 17.6. The van der Waals surface area contributed by atoms with Gasteiger partial charge in [-0.05, 0) is 52.4 Å². The zero-order chi connectivity index (χ0) is 24.4. The first-order valence-corrected chi connectivity index (χ1v) is 12.6. The van der Waals surface area contributed by atoms with E-state index in [1.165, 1.54) is 17.6 Å². The number of furan rings is 1. The number of fused-ring (bicyclic) bond motifs is 6. The second kappa shape index (κ2) is 7.63. The molecular formula is C29H20N2O4S. The number of nitrogens with zero attached hydrogens (tertiary/aromatic N) is 1. The van der Waals surface area contributed by atoms with Gasteiger partial charge in [-0.2, -0.15) is 0 Å². The molecule has 176 valence electrons. The molecule has 0 aliphatic carbocycles. The lowest BCUT2D eigenvalue weighted by Crippen LogP contribution is -2.49. The van der Waals surface area contributed by atoms with Crippen molar-refractivity contribution in [3.8, 4) is 0 Å². The van der Waals surface area contributed by atoms with Gasteiger partial charge in [0.2, 0.25) is 11.7 Å². The lowest BCUT2D eigenvalue weighted by atomic mass is 9.63. The highest BCUT2D eigenvalue weighted by Crippen LogP contribution is 2.62. The summed E-state index contributed by atoms with van der Waals surface area (Å²) in [6.07, 6.45) is 5.26. The number of carbonyl (C=O) groups is 3. The van der Waals surface area contributed by atoms with Gasteiger partial charge in [0.15, 0.2) is 11.5 Å². The zero-order valence-corrected chi connectivity index (χ0v) is 19.8. The fourth-order valence-electron chi connectivity index (χ4n) is 6.30. The van der Waals surface area contributed by atoms with Crippen LogP contribution in [-0.2, 0) is 10.2 Å². The molecule has 1 amide bonds. The van der Waals surface area contributed by atoms with E-state index >= 15 is 0 Å². The van der Waals surface area contributed by atoms with Crippen molar-refractivity contribution in [2.24, 2.45) is 5.92 Å². The molecule has 0 radical (unpaired) electrons. The molecule has 2 aromatic carbocycles. The zero-order valence-electron chi connectivity index (χ0n) is 19.0. The van der Waals surface area contributed by atoms with Gasteiger partial charge in [-0.1, -0.05) is 48.5 Å². The largest absolute Gasteiger partial charge is 0.461 e. The molecule has 0 unspecified atom stereocenters. The fourth-order valence-corrected chi connectivity index (χ4v) is 7.00. The summed E-state index contributed by atoms with van der Waals surface area (Å²) in [4.78, 5) is 45.1. The van der Waals surface area contributed by atoms with Crippen LogP contribution in [0, 0.1) is 5.92 Å². The van der Waals surface area contributed by atoms with Gasteiger partial charge in [-0.25, -0.2) is 0 Å². The maximum absolute atomic E-state index is 14.3. The number of para-hydroxylation sites is 1. The Morgan fingerprint density at radius 2 is 1.78 bits per heavy atom. The van der Waals surface area contributed by atoms with Gasteiger partial charge in [-0.3, -0.25) is 14.4 Å². The van der Waals surface area contributed by atoms with Crippen LogP contribution >= 0.6 is 11.3 Å². The number of Topliss-reactive ketones (excluding diaryl/α,β-unsaturated/α-hetero) is 2. The van der Waals surface area contributed by atoms with E-state index in [0.29, 0.717) is 10.6 Å². The lowest BCUT2D eigenvalue weighted by molar-refractivity contribution is -0.122. The van der Waals surface area contributed by atoms with Crippen molar-refractivity contribution in [1.82, 2.24) is 4.90 Å². The maximum atomic E-state index is 14.3. The Hall–Kier alpha value is -4.23. The summed E-state index contributed by atoms with van der Waals surface area (Å²) in [6, 6.07) is 20.7. The van der Waals surface area contributed by atoms with E-state index in [4.69, 9.17) is 4.42 Å². The molecule has 3 aliphatic heterocycles. The highest BCUT2D eigenvalue weighted by molar-refractivity contribution is 7.12. The van der Waals surface area contributed by atoms with Crippen LogP contribution < -0.4 is 5.32 Å². The van der Waals surface area contributed by atoms with Gasteiger partial charge >= 0.3 is 0 Å². The molecule has 1 saturated heterocycles. The summed E-state index contributed by atoms with van der Waals surface area (Å²) in [7, 11) is 0. The molecule has 2 aromatic heterocycles. The topological polar surface area (TPSA) is 79.6 Å². The average molecular weight is 493 g/mol. The van der Waals surface area contributed by atoms with Crippen LogP contribution in [-0.4, -0.2) is 28.4 Å². The molecule has 4 aromatic rings. The predicted molar refractivity (Wildman–Crippen MR) is 136 cm³/mol. The summed E-state index contributed by atoms with van der Waals surface area (Å²) in [5, 5.41) is 4.88. The van der Waals surface area contributed by atoms with Crippen molar-refractivity contribution in [3.63, 3.8) is 0 Å². The summed E-state index contributed by atoms with van der Waals surface area (Å²) in [5.74, 6) is -1.70. The number of thiophene rings is 1. The standard InChI is InChI=1S/C29H20N2O4S/c32-25(21-11-5-15-35-21)23-24(26(33)22-12-6-16-36-22)31-14-13-17-7-1-2-8-18(17)27(31)29(23)19-9-3-4-10-20(19)30-28(29)34/h1-16,23-24,27H,(H,30,34)/t23-,24+,27+,29-/m1/s1. The van der Waals surface area contributed by atoms with Crippen LogP contribution in [0.4, 0.5) is 5.69 Å². The third-order valence-corrected chi connectivity index (χ3v) is 8.53. The van der Waals surface area contributed by atoms with Gasteiger partial charge < -0.3 is 14.6 Å². The Morgan fingerprint density at radius 3 is 2.58 bits per heavy atom. The van der Waals surface area contributed by atoms with E-state index in [1.807, 2.05) is 77.2 Å². The van der Waals surface area contributed by atoms with Crippen LogP contribution in [0.2, 0.25) is 0 Å². The van der Waals surface area contributed by atoms with Crippen LogP contribution in [0.3, 0.4) is 0 Å². The third-order valence-electron chi connectivity index (χ3n) is 7.65. The minimum absolute atomic E-state index is 0.137. The molecule has 4 atom stereocenters. The molecule has 1 fully saturated rings. The van der Waals surface area contributed by atoms with Crippen molar-refractivity contribution >= 4 is 40.6 Å². The summed E-state index contributed by atoms with van der Waals surface area (Å²) < 4.78 is 5.55. The first-order valence-electron chi connectivity index (χ1n) is 11.7. The Balaban J connectivity index is 1.56. The van der Waals surface area contributed by atoms with Crippen molar-refractivity contribution < 1.29 is 18.8 Å². The number of hydrogen-bond acceptors (Lipinski definition) is 6.